The highest BCUT2D eigenvalue weighted by atomic mass is 16.5. The molecule has 0 aliphatic heterocycles. The zero-order valence-corrected chi connectivity index (χ0v) is 16.9. The minimum Gasteiger partial charge on any atom is -0.463 e. The summed E-state index contributed by atoms with van der Waals surface area (Å²) in [6.07, 6.45) is 17.5. The summed E-state index contributed by atoms with van der Waals surface area (Å²) in [5.41, 5.74) is 0.751. The molecule has 0 saturated heterocycles. The first-order valence-electron chi connectivity index (χ1n) is 10.2. The maximum absolute atomic E-state index is 11.5. The van der Waals surface area contributed by atoms with E-state index in [4.69, 9.17) is 9.47 Å². The van der Waals surface area contributed by atoms with Gasteiger partial charge in [-0.1, -0.05) is 84.1 Å². The molecule has 0 spiro atoms. The normalized spacial score (nSPS) is 10.8. The average Bonchev–Trinajstić information content (AvgIpc) is 2.62. The van der Waals surface area contributed by atoms with Crippen LogP contribution in [-0.4, -0.2) is 25.2 Å². The predicted octanol–water partition coefficient (Wildman–Crippen LogP) is 5.91. The molecule has 150 valence electrons. The van der Waals surface area contributed by atoms with E-state index >= 15 is 0 Å². The first-order valence-corrected chi connectivity index (χ1v) is 10.2. The summed E-state index contributed by atoms with van der Waals surface area (Å²) in [5.74, 6) is -1.06. The van der Waals surface area contributed by atoms with Crippen molar-refractivity contribution >= 4 is 11.9 Å². The van der Waals surface area contributed by atoms with Crippen molar-refractivity contribution in [2.24, 2.45) is 0 Å². The van der Waals surface area contributed by atoms with Crippen LogP contribution in [0.25, 0.3) is 0 Å². The van der Waals surface area contributed by atoms with Crippen LogP contribution in [0, 0.1) is 0 Å². The van der Waals surface area contributed by atoms with Gasteiger partial charge >= 0.3 is 11.9 Å². The number of unbranched alkanes of at least 4 members (excludes halogenated alkanes) is 11. The molecule has 0 N–H and O–H groups in total. The summed E-state index contributed by atoms with van der Waals surface area (Å²) >= 11 is 0. The Kier molecular flexibility index (Phi) is 17.1. The van der Waals surface area contributed by atoms with E-state index < -0.39 is 11.9 Å². The van der Waals surface area contributed by atoms with Gasteiger partial charge in [0.1, 0.15) is 6.61 Å². The third-order valence-electron chi connectivity index (χ3n) is 4.06. The van der Waals surface area contributed by atoms with Crippen LogP contribution >= 0.6 is 0 Å². The van der Waals surface area contributed by atoms with Crippen molar-refractivity contribution in [1.29, 1.82) is 0 Å². The molecule has 0 amide bonds. The van der Waals surface area contributed by atoms with Crippen LogP contribution in [0.1, 0.15) is 90.9 Å². The van der Waals surface area contributed by atoms with Crippen LogP contribution in [-0.2, 0) is 19.1 Å². The molecule has 0 rings (SSSR count). The largest absolute Gasteiger partial charge is 0.463 e. The van der Waals surface area contributed by atoms with Gasteiger partial charge in [0.2, 0.25) is 0 Å². The summed E-state index contributed by atoms with van der Waals surface area (Å²) in [5, 5.41) is 0. The molecule has 4 nitrogen and oxygen atoms in total. The van der Waals surface area contributed by atoms with E-state index in [1.807, 2.05) is 0 Å². The Morgan fingerprint density at radius 3 is 1.62 bits per heavy atom. The number of ether oxygens (including phenoxy) is 2. The molecule has 4 heteroatoms. The standard InChI is InChI=1S/C22H38O4/c1-4-5-6-7-8-9-10-11-12-13-14-15-18-25-21(23)16-17-22(24)26-19-20(2)3/h16-17H,2,4-15,18-19H2,1,3H3/b17-16+. The van der Waals surface area contributed by atoms with Gasteiger partial charge in [-0.2, -0.15) is 0 Å². The maximum Gasteiger partial charge on any atom is 0.331 e. The number of hydrogen-bond acceptors (Lipinski definition) is 4. The van der Waals surface area contributed by atoms with Crippen molar-refractivity contribution in [3.63, 3.8) is 0 Å². The molecule has 0 atom stereocenters. The first-order chi connectivity index (χ1) is 12.6. The zero-order chi connectivity index (χ0) is 19.5. The number of carbonyl (C=O) groups is 2. The van der Waals surface area contributed by atoms with Crippen molar-refractivity contribution in [3.8, 4) is 0 Å². The van der Waals surface area contributed by atoms with E-state index in [0.29, 0.717) is 6.61 Å². The summed E-state index contributed by atoms with van der Waals surface area (Å²) in [4.78, 5) is 22.7. The number of hydrogen-bond donors (Lipinski definition) is 0. The smallest absolute Gasteiger partial charge is 0.331 e. The third-order valence-corrected chi connectivity index (χ3v) is 4.06. The van der Waals surface area contributed by atoms with Gasteiger partial charge in [0.25, 0.3) is 0 Å². The second-order valence-electron chi connectivity index (χ2n) is 6.95. The van der Waals surface area contributed by atoms with Gasteiger partial charge < -0.3 is 9.47 Å². The third kappa shape index (κ3) is 18.8. The number of esters is 2. The summed E-state index contributed by atoms with van der Waals surface area (Å²) < 4.78 is 9.90. The quantitative estimate of drug-likeness (QED) is 0.139. The van der Waals surface area contributed by atoms with Crippen LogP contribution in [0.4, 0.5) is 0 Å². The maximum atomic E-state index is 11.5. The summed E-state index contributed by atoms with van der Waals surface area (Å²) in [7, 11) is 0. The van der Waals surface area contributed by atoms with Gasteiger partial charge in [-0.05, 0) is 18.9 Å². The van der Waals surface area contributed by atoms with Crippen molar-refractivity contribution in [3.05, 3.63) is 24.3 Å². The van der Waals surface area contributed by atoms with E-state index in [0.717, 1.165) is 30.6 Å². The molecule has 0 fully saturated rings. The molecular weight excluding hydrogens is 328 g/mol. The molecule has 0 aliphatic carbocycles. The Morgan fingerprint density at radius 1 is 0.731 bits per heavy atom. The number of carbonyl (C=O) groups excluding carboxylic acids is 2. The molecular formula is C22H38O4. The summed E-state index contributed by atoms with van der Waals surface area (Å²) in [6, 6.07) is 0. The van der Waals surface area contributed by atoms with E-state index in [-0.39, 0.29) is 6.61 Å². The molecule has 0 radical (unpaired) electrons. The van der Waals surface area contributed by atoms with Crippen molar-refractivity contribution in [1.82, 2.24) is 0 Å². The fourth-order valence-corrected chi connectivity index (χ4v) is 2.54. The van der Waals surface area contributed by atoms with Crippen LogP contribution in [0.15, 0.2) is 24.3 Å². The van der Waals surface area contributed by atoms with E-state index in [1.165, 1.54) is 64.2 Å². The van der Waals surface area contributed by atoms with E-state index in [2.05, 4.69) is 13.5 Å². The molecule has 0 unspecified atom stereocenters. The van der Waals surface area contributed by atoms with Gasteiger partial charge in [-0.25, -0.2) is 9.59 Å². The lowest BCUT2D eigenvalue weighted by Crippen LogP contribution is -2.06. The minimum absolute atomic E-state index is 0.164. The van der Waals surface area contributed by atoms with E-state index in [9.17, 15) is 9.59 Å². The lowest BCUT2D eigenvalue weighted by molar-refractivity contribution is -0.140. The molecule has 0 bridgehead atoms. The second kappa shape index (κ2) is 18.2. The molecule has 0 saturated carbocycles. The number of rotatable bonds is 17. The lowest BCUT2D eigenvalue weighted by Gasteiger charge is -2.04. The van der Waals surface area contributed by atoms with Gasteiger partial charge in [-0.15, -0.1) is 0 Å². The molecule has 26 heavy (non-hydrogen) atoms. The molecule has 0 heterocycles. The highest BCUT2D eigenvalue weighted by Crippen LogP contribution is 2.11. The lowest BCUT2D eigenvalue weighted by atomic mass is 10.1. The summed E-state index contributed by atoms with van der Waals surface area (Å²) in [6.45, 7) is 8.21. The van der Waals surface area contributed by atoms with Crippen molar-refractivity contribution < 1.29 is 19.1 Å². The zero-order valence-electron chi connectivity index (χ0n) is 16.9. The van der Waals surface area contributed by atoms with Crippen molar-refractivity contribution in [2.45, 2.75) is 90.9 Å². The topological polar surface area (TPSA) is 52.6 Å². The highest BCUT2D eigenvalue weighted by Gasteiger charge is 2.01. The molecule has 0 aliphatic rings. The molecule has 0 aromatic carbocycles. The van der Waals surface area contributed by atoms with Crippen molar-refractivity contribution in [2.75, 3.05) is 13.2 Å². The fourth-order valence-electron chi connectivity index (χ4n) is 2.54. The molecule has 0 aromatic heterocycles. The minimum atomic E-state index is -0.560. The Balaban J connectivity index is 3.37. The fraction of sp³-hybridized carbons (Fsp3) is 0.727. The van der Waals surface area contributed by atoms with E-state index in [1.54, 1.807) is 6.92 Å². The SMILES string of the molecule is C=C(C)COC(=O)/C=C/C(=O)OCCCCCCCCCCCCCC. The highest BCUT2D eigenvalue weighted by molar-refractivity contribution is 5.91. The predicted molar refractivity (Wildman–Crippen MR) is 107 cm³/mol. The monoisotopic (exact) mass is 366 g/mol. The van der Waals surface area contributed by atoms with Gasteiger partial charge in [0.15, 0.2) is 0 Å². The Morgan fingerprint density at radius 2 is 1.15 bits per heavy atom. The Hall–Kier alpha value is -1.58. The first kappa shape index (κ1) is 24.4. The molecule has 0 aromatic rings. The van der Waals surface area contributed by atoms with Crippen LogP contribution in [0.5, 0.6) is 0 Å². The van der Waals surface area contributed by atoms with Crippen LogP contribution in [0.2, 0.25) is 0 Å². The second-order valence-corrected chi connectivity index (χ2v) is 6.95. The van der Waals surface area contributed by atoms with Gasteiger partial charge in [-0.3, -0.25) is 0 Å². The van der Waals surface area contributed by atoms with Gasteiger partial charge in [0, 0.05) is 12.2 Å². The average molecular weight is 367 g/mol. The Labute approximate surface area is 160 Å². The Bertz CT molecular complexity index is 412. The van der Waals surface area contributed by atoms with Crippen LogP contribution in [0.3, 0.4) is 0 Å². The van der Waals surface area contributed by atoms with Gasteiger partial charge in [0.05, 0.1) is 6.61 Å². The van der Waals surface area contributed by atoms with Crippen LogP contribution < -0.4 is 0 Å².